The number of Topliss-reactive ketones (excluding diaryl/α,β-unsaturated/α-hetero) is 1. The Morgan fingerprint density at radius 3 is 2.69 bits per heavy atom. The first kappa shape index (κ1) is 13.3. The van der Waals surface area contributed by atoms with Crippen molar-refractivity contribution in [3.63, 3.8) is 0 Å². The summed E-state index contributed by atoms with van der Waals surface area (Å²) in [5.41, 5.74) is 2.75. The second-order valence-corrected chi connectivity index (χ2v) is 4.27. The van der Waals surface area contributed by atoms with Crippen molar-refractivity contribution in [2.45, 2.75) is 33.4 Å². The van der Waals surface area contributed by atoms with Crippen molar-refractivity contribution in [3.8, 4) is 0 Å². The maximum absolute atomic E-state index is 11.6. The highest BCUT2D eigenvalue weighted by Gasteiger charge is 2.15. The summed E-state index contributed by atoms with van der Waals surface area (Å²) in [6.45, 7) is 6.68. The van der Waals surface area contributed by atoms with Gasteiger partial charge in [0.2, 0.25) is 0 Å². The maximum Gasteiger partial charge on any atom is 0.179 e. The lowest BCUT2D eigenvalue weighted by atomic mass is 10.2. The summed E-state index contributed by atoms with van der Waals surface area (Å²) in [7, 11) is 1.68. The zero-order valence-corrected chi connectivity index (χ0v) is 11.0. The first-order chi connectivity index (χ1) is 7.51. The zero-order valence-electron chi connectivity index (χ0n) is 10.2. The summed E-state index contributed by atoms with van der Waals surface area (Å²) >= 11 is 5.57. The van der Waals surface area contributed by atoms with Gasteiger partial charge < -0.3 is 9.30 Å². The standard InChI is InChI=1S/C12H18ClNO2/c1-8-5-11(12(15)6-13)10(3)14(8)7-9(2)16-4/h5,9H,6-7H2,1-4H3. The van der Waals surface area contributed by atoms with Gasteiger partial charge in [-0.05, 0) is 26.8 Å². The van der Waals surface area contributed by atoms with Gasteiger partial charge in [-0.2, -0.15) is 0 Å². The first-order valence-corrected chi connectivity index (χ1v) is 5.83. The van der Waals surface area contributed by atoms with Gasteiger partial charge in [0.05, 0.1) is 12.0 Å². The van der Waals surface area contributed by atoms with Crippen LogP contribution in [0.5, 0.6) is 0 Å². The molecule has 0 fully saturated rings. The molecule has 0 saturated heterocycles. The Labute approximate surface area is 101 Å². The Kier molecular flexibility index (Phi) is 4.56. The number of carbonyl (C=O) groups excluding carboxylic acids is 1. The predicted octanol–water partition coefficient (Wildman–Crippen LogP) is 2.56. The van der Waals surface area contributed by atoms with E-state index in [4.69, 9.17) is 16.3 Å². The molecule has 0 aliphatic rings. The van der Waals surface area contributed by atoms with Crippen LogP contribution in [0.15, 0.2) is 6.07 Å². The van der Waals surface area contributed by atoms with Crippen LogP contribution in [0.3, 0.4) is 0 Å². The van der Waals surface area contributed by atoms with E-state index in [1.54, 1.807) is 7.11 Å². The molecule has 0 amide bonds. The lowest BCUT2D eigenvalue weighted by molar-refractivity contribution is 0.100. The minimum absolute atomic E-state index is 0.0221. The fourth-order valence-electron chi connectivity index (χ4n) is 1.77. The molecule has 0 radical (unpaired) electrons. The highest BCUT2D eigenvalue weighted by atomic mass is 35.5. The van der Waals surface area contributed by atoms with Crippen LogP contribution in [0, 0.1) is 13.8 Å². The number of aromatic nitrogens is 1. The van der Waals surface area contributed by atoms with Crippen LogP contribution in [-0.2, 0) is 11.3 Å². The molecule has 3 nitrogen and oxygen atoms in total. The van der Waals surface area contributed by atoms with Crippen molar-refractivity contribution in [2.75, 3.05) is 13.0 Å². The van der Waals surface area contributed by atoms with E-state index in [1.165, 1.54) is 0 Å². The molecule has 16 heavy (non-hydrogen) atoms. The number of ether oxygens (including phenoxy) is 1. The second kappa shape index (κ2) is 5.51. The topological polar surface area (TPSA) is 31.2 Å². The predicted molar refractivity (Wildman–Crippen MR) is 65.4 cm³/mol. The van der Waals surface area contributed by atoms with E-state index in [-0.39, 0.29) is 17.8 Å². The molecule has 0 bridgehead atoms. The van der Waals surface area contributed by atoms with Gasteiger partial charge >= 0.3 is 0 Å². The molecule has 1 rings (SSSR count). The van der Waals surface area contributed by atoms with E-state index in [9.17, 15) is 4.79 Å². The molecule has 0 spiro atoms. The smallest absolute Gasteiger partial charge is 0.179 e. The highest BCUT2D eigenvalue weighted by Crippen LogP contribution is 2.17. The minimum atomic E-state index is -0.0221. The molecule has 1 unspecified atom stereocenters. The number of ketones is 1. The Morgan fingerprint density at radius 1 is 1.56 bits per heavy atom. The molecule has 0 N–H and O–H groups in total. The Hall–Kier alpha value is -0.800. The number of halogens is 1. The van der Waals surface area contributed by atoms with Crippen molar-refractivity contribution in [2.24, 2.45) is 0 Å². The first-order valence-electron chi connectivity index (χ1n) is 5.30. The molecule has 0 aliphatic heterocycles. The summed E-state index contributed by atoms with van der Waals surface area (Å²) in [6.07, 6.45) is 0.128. The molecule has 0 saturated carbocycles. The number of hydrogen-bond donors (Lipinski definition) is 0. The fourth-order valence-corrected chi connectivity index (χ4v) is 1.91. The minimum Gasteiger partial charge on any atom is -0.380 e. The number of hydrogen-bond acceptors (Lipinski definition) is 2. The van der Waals surface area contributed by atoms with Gasteiger partial charge in [0.15, 0.2) is 5.78 Å². The summed E-state index contributed by atoms with van der Waals surface area (Å²) in [5, 5.41) is 0. The molecular formula is C12H18ClNO2. The summed E-state index contributed by atoms with van der Waals surface area (Å²) in [4.78, 5) is 11.6. The third-order valence-corrected chi connectivity index (χ3v) is 3.08. The molecule has 90 valence electrons. The average molecular weight is 244 g/mol. The van der Waals surface area contributed by atoms with Gasteiger partial charge in [-0.3, -0.25) is 4.79 Å². The Morgan fingerprint density at radius 2 is 2.19 bits per heavy atom. The largest absolute Gasteiger partial charge is 0.380 e. The molecule has 0 aromatic carbocycles. The highest BCUT2D eigenvalue weighted by molar-refractivity contribution is 6.30. The van der Waals surface area contributed by atoms with Gasteiger partial charge in [0.1, 0.15) is 0 Å². The number of methoxy groups -OCH3 is 1. The van der Waals surface area contributed by atoms with Crippen LogP contribution in [0.1, 0.15) is 28.7 Å². The second-order valence-electron chi connectivity index (χ2n) is 4.00. The summed E-state index contributed by atoms with van der Waals surface area (Å²) in [6, 6.07) is 1.89. The van der Waals surface area contributed by atoms with Gasteiger partial charge in [-0.1, -0.05) is 0 Å². The van der Waals surface area contributed by atoms with Crippen LogP contribution in [-0.4, -0.2) is 29.4 Å². The third-order valence-electron chi connectivity index (χ3n) is 2.84. The average Bonchev–Trinajstić information content (AvgIpc) is 2.55. The van der Waals surface area contributed by atoms with Crippen LogP contribution >= 0.6 is 11.6 Å². The molecule has 1 aromatic rings. The maximum atomic E-state index is 11.6. The van der Waals surface area contributed by atoms with Crippen molar-refractivity contribution in [1.29, 1.82) is 0 Å². The van der Waals surface area contributed by atoms with E-state index < -0.39 is 0 Å². The van der Waals surface area contributed by atoms with Crippen LogP contribution < -0.4 is 0 Å². The van der Waals surface area contributed by atoms with Crippen LogP contribution in [0.2, 0.25) is 0 Å². The van der Waals surface area contributed by atoms with Crippen LogP contribution in [0.25, 0.3) is 0 Å². The van der Waals surface area contributed by atoms with E-state index in [2.05, 4.69) is 4.57 Å². The number of rotatable bonds is 5. The van der Waals surface area contributed by atoms with Crippen molar-refractivity contribution in [1.82, 2.24) is 4.57 Å². The lowest BCUT2D eigenvalue weighted by Gasteiger charge is -2.14. The molecule has 1 atom stereocenters. The van der Waals surface area contributed by atoms with Crippen molar-refractivity contribution in [3.05, 3.63) is 23.0 Å². The van der Waals surface area contributed by atoms with Crippen molar-refractivity contribution < 1.29 is 9.53 Å². The number of nitrogens with zero attached hydrogens (tertiary/aromatic N) is 1. The van der Waals surface area contributed by atoms with Crippen molar-refractivity contribution >= 4 is 17.4 Å². The van der Waals surface area contributed by atoms with E-state index in [0.717, 1.165) is 23.5 Å². The zero-order chi connectivity index (χ0) is 12.3. The molecular weight excluding hydrogens is 226 g/mol. The number of alkyl halides is 1. The third kappa shape index (κ3) is 2.66. The quantitative estimate of drug-likeness (QED) is 0.588. The fraction of sp³-hybridized carbons (Fsp3) is 0.583. The van der Waals surface area contributed by atoms with E-state index in [1.807, 2.05) is 26.8 Å². The Bertz CT molecular complexity index is 385. The molecule has 0 aliphatic carbocycles. The van der Waals surface area contributed by atoms with Gasteiger partial charge in [0, 0.05) is 30.6 Å². The molecule has 4 heteroatoms. The van der Waals surface area contributed by atoms with Crippen LogP contribution in [0.4, 0.5) is 0 Å². The number of carbonyl (C=O) groups is 1. The van der Waals surface area contributed by atoms with Gasteiger partial charge in [-0.15, -0.1) is 11.6 Å². The monoisotopic (exact) mass is 243 g/mol. The molecule has 1 heterocycles. The molecule has 1 aromatic heterocycles. The van der Waals surface area contributed by atoms with E-state index in [0.29, 0.717) is 0 Å². The normalized spacial score (nSPS) is 12.8. The Balaban J connectivity index is 3.02. The van der Waals surface area contributed by atoms with Gasteiger partial charge in [-0.25, -0.2) is 0 Å². The van der Waals surface area contributed by atoms with Gasteiger partial charge in [0.25, 0.3) is 0 Å². The SMILES string of the molecule is COC(C)Cn1c(C)cc(C(=O)CCl)c1C. The van der Waals surface area contributed by atoms with E-state index >= 15 is 0 Å². The summed E-state index contributed by atoms with van der Waals surface area (Å²) < 4.78 is 7.32. The number of aryl methyl sites for hydroxylation is 1. The summed E-state index contributed by atoms with van der Waals surface area (Å²) in [5.74, 6) is 0.00973. The lowest BCUT2D eigenvalue weighted by Crippen LogP contribution is -2.17.